The minimum atomic E-state index is -0.563. The van der Waals surface area contributed by atoms with Gasteiger partial charge in [-0.05, 0) is 19.4 Å². The van der Waals surface area contributed by atoms with Crippen molar-refractivity contribution in [1.82, 2.24) is 20.1 Å². The van der Waals surface area contributed by atoms with Gasteiger partial charge in [-0.25, -0.2) is 8.78 Å². The Balaban J connectivity index is 2.09. The van der Waals surface area contributed by atoms with Crippen LogP contribution in [0.2, 0.25) is 0 Å². The summed E-state index contributed by atoms with van der Waals surface area (Å²) in [5, 5.41) is 11.1. The lowest BCUT2D eigenvalue weighted by molar-refractivity contribution is 0.469. The van der Waals surface area contributed by atoms with Crippen LogP contribution in [0.15, 0.2) is 24.5 Å². The number of aryl methyl sites for hydroxylation is 1. The van der Waals surface area contributed by atoms with Gasteiger partial charge in [-0.15, -0.1) is 10.2 Å². The molecule has 0 bridgehead atoms. The molecule has 20 heavy (non-hydrogen) atoms. The van der Waals surface area contributed by atoms with Crippen molar-refractivity contribution in [2.45, 2.75) is 39.4 Å². The van der Waals surface area contributed by atoms with Crippen LogP contribution in [0.4, 0.5) is 8.78 Å². The van der Waals surface area contributed by atoms with E-state index >= 15 is 0 Å². The standard InChI is InChI=1S/C14H18F2N4/c1-3-13(11-6-5-10(15)7-12(11)16)17-8-14-19-18-9-20(14)4-2/h5-7,9,13,17H,3-4,8H2,1-2H3/t13-/m1/s1. The number of halogens is 2. The van der Waals surface area contributed by atoms with Gasteiger partial charge in [0.15, 0.2) is 0 Å². The minimum Gasteiger partial charge on any atom is -0.317 e. The summed E-state index contributed by atoms with van der Waals surface area (Å²) in [4.78, 5) is 0. The van der Waals surface area contributed by atoms with E-state index < -0.39 is 11.6 Å². The molecule has 0 unspecified atom stereocenters. The number of benzene rings is 1. The Morgan fingerprint density at radius 2 is 2.10 bits per heavy atom. The lowest BCUT2D eigenvalue weighted by Gasteiger charge is -2.18. The molecule has 4 nitrogen and oxygen atoms in total. The zero-order chi connectivity index (χ0) is 14.5. The smallest absolute Gasteiger partial charge is 0.146 e. The van der Waals surface area contributed by atoms with Crippen molar-refractivity contribution in [2.75, 3.05) is 0 Å². The maximum absolute atomic E-state index is 13.8. The van der Waals surface area contributed by atoms with Crippen molar-refractivity contribution in [3.05, 3.63) is 47.5 Å². The molecule has 108 valence electrons. The van der Waals surface area contributed by atoms with Crippen molar-refractivity contribution < 1.29 is 8.78 Å². The number of nitrogens with zero attached hydrogens (tertiary/aromatic N) is 3. The molecule has 0 fully saturated rings. The first-order valence-corrected chi connectivity index (χ1v) is 6.70. The lowest BCUT2D eigenvalue weighted by atomic mass is 10.0. The van der Waals surface area contributed by atoms with E-state index in [9.17, 15) is 8.78 Å². The fourth-order valence-electron chi connectivity index (χ4n) is 2.15. The zero-order valence-electron chi connectivity index (χ0n) is 11.6. The first-order valence-electron chi connectivity index (χ1n) is 6.70. The van der Waals surface area contributed by atoms with E-state index in [1.165, 1.54) is 12.1 Å². The van der Waals surface area contributed by atoms with E-state index in [1.54, 1.807) is 6.33 Å². The first kappa shape index (κ1) is 14.6. The summed E-state index contributed by atoms with van der Waals surface area (Å²) in [6.45, 7) is 5.23. The van der Waals surface area contributed by atoms with Crippen LogP contribution in [-0.2, 0) is 13.1 Å². The van der Waals surface area contributed by atoms with Crippen molar-refractivity contribution in [2.24, 2.45) is 0 Å². The molecule has 0 spiro atoms. The van der Waals surface area contributed by atoms with Crippen molar-refractivity contribution in [3.63, 3.8) is 0 Å². The largest absolute Gasteiger partial charge is 0.317 e. The molecule has 1 aromatic carbocycles. The molecule has 2 rings (SSSR count). The molecule has 0 radical (unpaired) electrons. The number of rotatable bonds is 6. The third-order valence-corrected chi connectivity index (χ3v) is 3.29. The summed E-state index contributed by atoms with van der Waals surface area (Å²) in [7, 11) is 0. The van der Waals surface area contributed by atoms with Gasteiger partial charge < -0.3 is 9.88 Å². The van der Waals surface area contributed by atoms with Crippen LogP contribution in [0.5, 0.6) is 0 Å². The van der Waals surface area contributed by atoms with Gasteiger partial charge in [0.25, 0.3) is 0 Å². The molecule has 0 aliphatic heterocycles. The highest BCUT2D eigenvalue weighted by atomic mass is 19.1. The van der Waals surface area contributed by atoms with Gasteiger partial charge in [0.2, 0.25) is 0 Å². The van der Waals surface area contributed by atoms with Crippen LogP contribution in [0.3, 0.4) is 0 Å². The molecule has 2 aromatic rings. The molecular formula is C14H18F2N4. The van der Waals surface area contributed by atoms with Gasteiger partial charge in [-0.1, -0.05) is 13.0 Å². The average Bonchev–Trinajstić information content (AvgIpc) is 2.88. The Morgan fingerprint density at radius 3 is 2.75 bits per heavy atom. The SMILES string of the molecule is CC[C@@H](NCc1nncn1CC)c1ccc(F)cc1F. The number of aromatic nitrogens is 3. The maximum Gasteiger partial charge on any atom is 0.146 e. The van der Waals surface area contributed by atoms with E-state index in [2.05, 4.69) is 15.5 Å². The molecule has 1 N–H and O–H groups in total. The number of hydrogen-bond donors (Lipinski definition) is 1. The van der Waals surface area contributed by atoms with Crippen molar-refractivity contribution >= 4 is 0 Å². The Kier molecular flexibility index (Phi) is 4.79. The summed E-state index contributed by atoms with van der Waals surface area (Å²) < 4.78 is 28.6. The van der Waals surface area contributed by atoms with Gasteiger partial charge in [0.1, 0.15) is 23.8 Å². The molecule has 0 aliphatic rings. The second kappa shape index (κ2) is 6.56. The summed E-state index contributed by atoms with van der Waals surface area (Å²) in [5.74, 6) is -0.290. The highest BCUT2D eigenvalue weighted by molar-refractivity contribution is 5.22. The van der Waals surface area contributed by atoms with Crippen molar-refractivity contribution in [3.8, 4) is 0 Å². The third kappa shape index (κ3) is 3.19. The second-order valence-electron chi connectivity index (χ2n) is 4.54. The van der Waals surface area contributed by atoms with Gasteiger partial charge in [0.05, 0.1) is 6.54 Å². The molecular weight excluding hydrogens is 262 g/mol. The highest BCUT2D eigenvalue weighted by Gasteiger charge is 2.15. The van der Waals surface area contributed by atoms with Gasteiger partial charge in [-0.3, -0.25) is 0 Å². The third-order valence-electron chi connectivity index (χ3n) is 3.29. The van der Waals surface area contributed by atoms with Gasteiger partial charge >= 0.3 is 0 Å². The lowest BCUT2D eigenvalue weighted by Crippen LogP contribution is -2.23. The topological polar surface area (TPSA) is 42.7 Å². The van der Waals surface area contributed by atoms with Crippen LogP contribution in [0.25, 0.3) is 0 Å². The molecule has 1 aromatic heterocycles. The normalized spacial score (nSPS) is 12.6. The van der Waals surface area contributed by atoms with Gasteiger partial charge in [-0.2, -0.15) is 0 Å². The fraction of sp³-hybridized carbons (Fsp3) is 0.429. The van der Waals surface area contributed by atoms with Crippen LogP contribution in [-0.4, -0.2) is 14.8 Å². The van der Waals surface area contributed by atoms with Crippen LogP contribution >= 0.6 is 0 Å². The van der Waals surface area contributed by atoms with Crippen LogP contribution < -0.4 is 5.32 Å². The fourth-order valence-corrected chi connectivity index (χ4v) is 2.15. The average molecular weight is 280 g/mol. The van der Waals surface area contributed by atoms with E-state index in [4.69, 9.17) is 0 Å². The van der Waals surface area contributed by atoms with Gasteiger partial charge in [0, 0.05) is 24.2 Å². The first-order chi connectivity index (χ1) is 9.65. The Hall–Kier alpha value is -1.82. The molecule has 1 atom stereocenters. The molecule has 0 saturated carbocycles. The van der Waals surface area contributed by atoms with Crippen LogP contribution in [0, 0.1) is 11.6 Å². The summed E-state index contributed by atoms with van der Waals surface area (Å²) in [6, 6.07) is 3.49. The van der Waals surface area contributed by atoms with E-state index in [0.717, 1.165) is 18.4 Å². The Bertz CT molecular complexity index is 568. The monoisotopic (exact) mass is 280 g/mol. The van der Waals surface area contributed by atoms with Crippen molar-refractivity contribution in [1.29, 1.82) is 0 Å². The highest BCUT2D eigenvalue weighted by Crippen LogP contribution is 2.21. The molecule has 0 saturated heterocycles. The Morgan fingerprint density at radius 1 is 1.30 bits per heavy atom. The number of nitrogens with one attached hydrogen (secondary N) is 1. The Labute approximate surface area is 116 Å². The van der Waals surface area contributed by atoms with E-state index in [1.807, 2.05) is 18.4 Å². The van der Waals surface area contributed by atoms with Crippen LogP contribution in [0.1, 0.15) is 37.7 Å². The summed E-state index contributed by atoms with van der Waals surface area (Å²) in [5.41, 5.74) is 0.469. The molecule has 6 heteroatoms. The predicted octanol–water partition coefficient (Wildman–Crippen LogP) is 2.82. The quantitative estimate of drug-likeness (QED) is 0.884. The summed E-state index contributed by atoms with van der Waals surface area (Å²) in [6.07, 6.45) is 2.36. The molecule has 0 aliphatic carbocycles. The maximum atomic E-state index is 13.8. The molecule has 1 heterocycles. The second-order valence-corrected chi connectivity index (χ2v) is 4.54. The van der Waals surface area contributed by atoms with E-state index in [-0.39, 0.29) is 6.04 Å². The molecule has 0 amide bonds. The number of hydrogen-bond acceptors (Lipinski definition) is 3. The summed E-state index contributed by atoms with van der Waals surface area (Å²) >= 11 is 0. The predicted molar refractivity (Wildman–Crippen MR) is 71.9 cm³/mol. The zero-order valence-corrected chi connectivity index (χ0v) is 11.6. The van der Waals surface area contributed by atoms with E-state index in [0.29, 0.717) is 18.5 Å². The minimum absolute atomic E-state index is 0.183.